The van der Waals surface area contributed by atoms with Crippen molar-refractivity contribution in [3.63, 3.8) is 0 Å². The average molecular weight is 416 g/mol. The van der Waals surface area contributed by atoms with Crippen LogP contribution in [0.1, 0.15) is 60.1 Å². The first kappa shape index (κ1) is 19.9. The van der Waals surface area contributed by atoms with Crippen LogP contribution in [0.5, 0.6) is 0 Å². The van der Waals surface area contributed by atoms with Crippen LogP contribution < -0.4 is 10.2 Å². The molecule has 1 saturated carbocycles. The van der Waals surface area contributed by atoms with Crippen molar-refractivity contribution >= 4 is 28.4 Å². The van der Waals surface area contributed by atoms with Gasteiger partial charge >= 0.3 is 5.97 Å². The van der Waals surface area contributed by atoms with Crippen molar-refractivity contribution in [1.29, 1.82) is 0 Å². The smallest absolute Gasteiger partial charge is 0.337 e. The lowest BCUT2D eigenvalue weighted by atomic mass is 9.93. The quantitative estimate of drug-likeness (QED) is 0.552. The van der Waals surface area contributed by atoms with Gasteiger partial charge in [0.05, 0.1) is 17.1 Å². The Kier molecular flexibility index (Phi) is 4.84. The summed E-state index contributed by atoms with van der Waals surface area (Å²) in [5.74, 6) is 0.120. The predicted octanol–water partition coefficient (Wildman–Crippen LogP) is 5.79. The van der Waals surface area contributed by atoms with E-state index in [1.165, 1.54) is 31.2 Å². The number of nitrogens with one attached hydrogen (secondary N) is 1. The van der Waals surface area contributed by atoms with E-state index >= 15 is 0 Å². The van der Waals surface area contributed by atoms with Gasteiger partial charge < -0.3 is 15.3 Å². The van der Waals surface area contributed by atoms with Crippen LogP contribution in [0.4, 0.5) is 11.5 Å². The molecule has 2 aromatic carbocycles. The molecule has 5 heteroatoms. The minimum absolute atomic E-state index is 0.0817. The van der Waals surface area contributed by atoms with Crippen LogP contribution in [0.25, 0.3) is 10.9 Å². The molecule has 2 N–H and O–H groups in total. The van der Waals surface area contributed by atoms with Crippen LogP contribution >= 0.6 is 0 Å². The number of hydrogen-bond donors (Lipinski definition) is 2. The van der Waals surface area contributed by atoms with Crippen LogP contribution in [0.3, 0.4) is 0 Å². The lowest BCUT2D eigenvalue weighted by Gasteiger charge is -2.33. The Labute approximate surface area is 183 Å². The number of aromatic nitrogens is 1. The molecule has 5 rings (SSSR count). The second-order valence-electron chi connectivity index (χ2n) is 9.30. The maximum atomic E-state index is 11.6. The Hall–Kier alpha value is -3.08. The molecule has 2 aliphatic rings. The summed E-state index contributed by atoms with van der Waals surface area (Å²) in [6.45, 7) is 6.33. The molecule has 1 aliphatic heterocycles. The van der Waals surface area contributed by atoms with Gasteiger partial charge in [0.1, 0.15) is 5.82 Å². The van der Waals surface area contributed by atoms with Crippen LogP contribution in [0, 0.1) is 12.3 Å². The molecule has 0 bridgehead atoms. The van der Waals surface area contributed by atoms with Crippen LogP contribution in [0.2, 0.25) is 0 Å². The Morgan fingerprint density at radius 2 is 1.84 bits per heavy atom. The number of anilines is 2. The number of para-hydroxylation sites is 1. The van der Waals surface area contributed by atoms with E-state index in [9.17, 15) is 9.90 Å². The van der Waals surface area contributed by atoms with Gasteiger partial charge in [-0.05, 0) is 75.3 Å². The fourth-order valence-electron chi connectivity index (χ4n) is 4.91. The highest BCUT2D eigenvalue weighted by atomic mass is 16.4. The summed E-state index contributed by atoms with van der Waals surface area (Å²) in [5.41, 5.74) is 4.80. The third-order valence-corrected chi connectivity index (χ3v) is 7.05. The lowest BCUT2D eigenvalue weighted by molar-refractivity contribution is 0.0698. The van der Waals surface area contributed by atoms with Crippen LogP contribution in [-0.4, -0.2) is 29.1 Å². The van der Waals surface area contributed by atoms with Gasteiger partial charge in [-0.2, -0.15) is 0 Å². The summed E-state index contributed by atoms with van der Waals surface area (Å²) >= 11 is 0. The van der Waals surface area contributed by atoms with Crippen molar-refractivity contribution in [2.75, 3.05) is 23.3 Å². The predicted molar refractivity (Wildman–Crippen MR) is 125 cm³/mol. The minimum atomic E-state index is -0.927. The van der Waals surface area contributed by atoms with Gasteiger partial charge in [-0.25, -0.2) is 9.78 Å². The SMILES string of the molecule is Cc1cc(C(C)Nc2ccccc2C(=O)O)c2nc(N3CCC4(CC3)CC4)ccc2c1. The molecule has 1 unspecified atom stereocenters. The first-order chi connectivity index (χ1) is 14.9. The molecule has 31 heavy (non-hydrogen) atoms. The number of fused-ring (bicyclic) bond motifs is 1. The zero-order valence-corrected chi connectivity index (χ0v) is 18.2. The number of aryl methyl sites for hydroxylation is 1. The standard InChI is InChI=1S/C26H29N3O2/c1-17-15-19-7-8-23(29-13-11-26(9-10-26)12-14-29)28-24(19)21(16-17)18(2)27-22-6-4-3-5-20(22)25(30)31/h3-8,15-16,18,27H,9-14H2,1-2H3,(H,30,31). The number of pyridine rings is 1. The van der Waals surface area contributed by atoms with Gasteiger partial charge in [-0.15, -0.1) is 0 Å². The summed E-state index contributed by atoms with van der Waals surface area (Å²) in [4.78, 5) is 19.1. The van der Waals surface area contributed by atoms with E-state index in [2.05, 4.69) is 48.3 Å². The van der Waals surface area contributed by atoms with Crippen LogP contribution in [0.15, 0.2) is 48.5 Å². The molecular weight excluding hydrogens is 386 g/mol. The summed E-state index contributed by atoms with van der Waals surface area (Å²) in [6, 6.07) is 15.6. The number of piperidine rings is 1. The highest BCUT2D eigenvalue weighted by Gasteiger charge is 2.44. The minimum Gasteiger partial charge on any atom is -0.478 e. The topological polar surface area (TPSA) is 65.5 Å². The van der Waals surface area contributed by atoms with Gasteiger partial charge in [0.15, 0.2) is 0 Å². The first-order valence-electron chi connectivity index (χ1n) is 11.2. The highest BCUT2D eigenvalue weighted by molar-refractivity contribution is 5.94. The number of aromatic carboxylic acids is 1. The Bertz CT molecular complexity index is 1140. The van der Waals surface area contributed by atoms with Crippen molar-refractivity contribution in [1.82, 2.24) is 4.98 Å². The zero-order valence-electron chi connectivity index (χ0n) is 18.2. The number of benzene rings is 2. The first-order valence-corrected chi connectivity index (χ1v) is 11.2. The molecule has 1 spiro atoms. The third-order valence-electron chi connectivity index (χ3n) is 7.05. The highest BCUT2D eigenvalue weighted by Crippen LogP contribution is 2.53. The van der Waals surface area contributed by atoms with E-state index < -0.39 is 5.97 Å². The summed E-state index contributed by atoms with van der Waals surface area (Å²) < 4.78 is 0. The number of carbonyl (C=O) groups is 1. The zero-order chi connectivity index (χ0) is 21.6. The molecule has 1 atom stereocenters. The molecule has 5 nitrogen and oxygen atoms in total. The second-order valence-corrected chi connectivity index (χ2v) is 9.30. The molecule has 0 radical (unpaired) electrons. The van der Waals surface area contributed by atoms with E-state index in [0.717, 1.165) is 35.4 Å². The lowest BCUT2D eigenvalue weighted by Crippen LogP contribution is -2.34. The van der Waals surface area contributed by atoms with Gasteiger partial charge in [0, 0.05) is 29.7 Å². The summed E-state index contributed by atoms with van der Waals surface area (Å²) in [5, 5.41) is 14.1. The van der Waals surface area contributed by atoms with E-state index in [1.54, 1.807) is 12.1 Å². The molecule has 160 valence electrons. The van der Waals surface area contributed by atoms with E-state index in [1.807, 2.05) is 12.1 Å². The van der Waals surface area contributed by atoms with Crippen molar-refractivity contribution in [2.45, 2.75) is 45.6 Å². The van der Waals surface area contributed by atoms with Gasteiger partial charge in [-0.1, -0.05) is 23.8 Å². The monoisotopic (exact) mass is 415 g/mol. The summed E-state index contributed by atoms with van der Waals surface area (Å²) in [6.07, 6.45) is 5.35. The van der Waals surface area contributed by atoms with Crippen molar-refractivity contribution in [3.8, 4) is 0 Å². The largest absolute Gasteiger partial charge is 0.478 e. The molecule has 3 aromatic rings. The number of nitrogens with zero attached hydrogens (tertiary/aromatic N) is 2. The average Bonchev–Trinajstić information content (AvgIpc) is 3.52. The summed E-state index contributed by atoms with van der Waals surface area (Å²) in [7, 11) is 0. The van der Waals surface area contributed by atoms with Crippen molar-refractivity contribution < 1.29 is 9.90 Å². The Balaban J connectivity index is 1.48. The fraction of sp³-hybridized carbons (Fsp3) is 0.385. The number of carboxylic acids is 1. The molecule has 1 aromatic heterocycles. The number of hydrogen-bond acceptors (Lipinski definition) is 4. The van der Waals surface area contributed by atoms with E-state index in [-0.39, 0.29) is 11.6 Å². The molecule has 2 heterocycles. The van der Waals surface area contributed by atoms with Crippen LogP contribution in [-0.2, 0) is 0 Å². The normalized spacial score (nSPS) is 18.2. The van der Waals surface area contributed by atoms with E-state index in [0.29, 0.717) is 11.1 Å². The van der Waals surface area contributed by atoms with E-state index in [4.69, 9.17) is 4.98 Å². The second kappa shape index (κ2) is 7.56. The molecular formula is C26H29N3O2. The molecule has 0 amide bonds. The van der Waals surface area contributed by atoms with Crippen molar-refractivity contribution in [3.05, 3.63) is 65.2 Å². The maximum absolute atomic E-state index is 11.6. The van der Waals surface area contributed by atoms with Gasteiger partial charge in [0.25, 0.3) is 0 Å². The number of rotatable bonds is 5. The molecule has 1 aliphatic carbocycles. The Morgan fingerprint density at radius 3 is 2.55 bits per heavy atom. The maximum Gasteiger partial charge on any atom is 0.337 e. The number of carboxylic acid groups (broad SMARTS) is 1. The fourth-order valence-corrected chi connectivity index (χ4v) is 4.91. The van der Waals surface area contributed by atoms with Gasteiger partial charge in [-0.3, -0.25) is 0 Å². The van der Waals surface area contributed by atoms with Gasteiger partial charge in [0.2, 0.25) is 0 Å². The van der Waals surface area contributed by atoms with Crippen molar-refractivity contribution in [2.24, 2.45) is 5.41 Å². The molecule has 1 saturated heterocycles. The molecule has 2 fully saturated rings. The third kappa shape index (κ3) is 3.85. The Morgan fingerprint density at radius 1 is 1.10 bits per heavy atom.